The number of hydrogen-bond acceptors (Lipinski definition) is 3. The highest BCUT2D eigenvalue weighted by atomic mass is 35.5. The Kier molecular flexibility index (Phi) is 6.15. The number of nitrogens with two attached hydrogens (primary N) is 1. The molecule has 1 aromatic heterocycles. The number of para-hydroxylation sites is 1. The van der Waals surface area contributed by atoms with E-state index in [1.54, 1.807) is 12.1 Å². The maximum Gasteiger partial charge on any atom is 0.201 e. The van der Waals surface area contributed by atoms with E-state index in [4.69, 9.17) is 4.42 Å². The molecule has 1 heterocycles. The summed E-state index contributed by atoms with van der Waals surface area (Å²) in [5.41, 5.74) is 2.07. The number of fused-ring (bicyclic) bond motifs is 1. The number of rotatable bonds is 5. The molecule has 3 N–H and O–H groups in total. The molecule has 0 aliphatic heterocycles. The van der Waals surface area contributed by atoms with Crippen molar-refractivity contribution in [2.75, 3.05) is 0 Å². The summed E-state index contributed by atoms with van der Waals surface area (Å²) >= 11 is 0. The minimum Gasteiger partial charge on any atom is -1.00 e. The summed E-state index contributed by atoms with van der Waals surface area (Å²) in [7, 11) is 0. The average Bonchev–Trinajstić information content (AvgIpc) is 2.61. The summed E-state index contributed by atoms with van der Waals surface area (Å²) in [6, 6.07) is 16.7. The molecule has 4 nitrogen and oxygen atoms in total. The maximum atomic E-state index is 12.4. The van der Waals surface area contributed by atoms with Gasteiger partial charge in [0.15, 0.2) is 0 Å². The van der Waals surface area contributed by atoms with E-state index in [1.807, 2.05) is 54.7 Å². The highest BCUT2D eigenvalue weighted by molar-refractivity contribution is 5.76. The molecule has 0 bridgehead atoms. The number of halogens is 1. The van der Waals surface area contributed by atoms with Gasteiger partial charge in [-0.3, -0.25) is 4.79 Å². The zero-order valence-electron chi connectivity index (χ0n) is 13.4. The Hall–Kier alpha value is -2.14. The summed E-state index contributed by atoms with van der Waals surface area (Å²) < 4.78 is 5.52. The van der Waals surface area contributed by atoms with Crippen molar-refractivity contribution in [2.45, 2.75) is 25.6 Å². The lowest BCUT2D eigenvalue weighted by molar-refractivity contribution is -0.709. The van der Waals surface area contributed by atoms with Crippen LogP contribution in [-0.4, -0.2) is 11.1 Å². The molecule has 3 aromatic rings. The normalized spacial score (nSPS) is 13.2. The third-order valence-corrected chi connectivity index (χ3v) is 4.10. The molecule has 2 unspecified atom stereocenters. The first-order valence-electron chi connectivity index (χ1n) is 7.72. The SMILES string of the molecule is CC([NH2+]Cc1coc2ccccc2c1=O)C(O)c1ccccc1.[Cl-]. The van der Waals surface area contributed by atoms with Gasteiger partial charge in [0.25, 0.3) is 0 Å². The molecule has 2 atom stereocenters. The van der Waals surface area contributed by atoms with Gasteiger partial charge in [-0.1, -0.05) is 42.5 Å². The average molecular weight is 346 g/mol. The second kappa shape index (κ2) is 8.11. The van der Waals surface area contributed by atoms with Gasteiger partial charge in [-0.05, 0) is 24.6 Å². The van der Waals surface area contributed by atoms with Gasteiger partial charge in [0.05, 0.1) is 10.9 Å². The van der Waals surface area contributed by atoms with E-state index in [2.05, 4.69) is 0 Å². The molecule has 24 heavy (non-hydrogen) atoms. The standard InChI is InChI=1S/C19H19NO3.ClH/c1-13(18(21)14-7-3-2-4-8-14)20-11-15-12-23-17-10-6-5-9-16(17)19(15)22;/h2-10,12-13,18,20-21H,11H2,1H3;1H. The summed E-state index contributed by atoms with van der Waals surface area (Å²) in [5, 5.41) is 12.9. The lowest BCUT2D eigenvalue weighted by Crippen LogP contribution is -3.00. The number of hydrogen-bond donors (Lipinski definition) is 2. The highest BCUT2D eigenvalue weighted by Gasteiger charge is 2.19. The molecule has 0 fully saturated rings. The Bertz CT molecular complexity index is 848. The second-order valence-corrected chi connectivity index (χ2v) is 5.74. The molecule has 0 spiro atoms. The van der Waals surface area contributed by atoms with Crippen LogP contribution in [0.1, 0.15) is 24.2 Å². The zero-order valence-corrected chi connectivity index (χ0v) is 14.1. The van der Waals surface area contributed by atoms with Crippen molar-refractivity contribution in [1.82, 2.24) is 0 Å². The van der Waals surface area contributed by atoms with Crippen LogP contribution >= 0.6 is 0 Å². The number of aliphatic hydroxyl groups excluding tert-OH is 1. The van der Waals surface area contributed by atoms with Crippen molar-refractivity contribution in [2.24, 2.45) is 0 Å². The fraction of sp³-hybridized carbons (Fsp3) is 0.211. The number of benzene rings is 2. The first kappa shape index (κ1) is 18.2. The van der Waals surface area contributed by atoms with Gasteiger partial charge in [0, 0.05) is 0 Å². The molecule has 0 aliphatic rings. The van der Waals surface area contributed by atoms with Crippen LogP contribution in [0.15, 0.2) is 70.1 Å². The van der Waals surface area contributed by atoms with E-state index >= 15 is 0 Å². The van der Waals surface area contributed by atoms with Crippen LogP contribution in [0.5, 0.6) is 0 Å². The minimum atomic E-state index is -0.580. The van der Waals surface area contributed by atoms with Crippen LogP contribution in [-0.2, 0) is 6.54 Å². The Morgan fingerprint density at radius 1 is 1.08 bits per heavy atom. The smallest absolute Gasteiger partial charge is 0.201 e. The van der Waals surface area contributed by atoms with Crippen molar-refractivity contribution >= 4 is 11.0 Å². The van der Waals surface area contributed by atoms with Crippen LogP contribution < -0.4 is 23.2 Å². The summed E-state index contributed by atoms with van der Waals surface area (Å²) in [5.74, 6) is 0. The van der Waals surface area contributed by atoms with Gasteiger partial charge in [0.1, 0.15) is 30.5 Å². The van der Waals surface area contributed by atoms with E-state index in [9.17, 15) is 9.90 Å². The topological polar surface area (TPSA) is 67.0 Å². The largest absolute Gasteiger partial charge is 1.00 e. The van der Waals surface area contributed by atoms with E-state index in [1.165, 1.54) is 6.26 Å². The maximum absolute atomic E-state index is 12.4. The monoisotopic (exact) mass is 345 g/mol. The minimum absolute atomic E-state index is 0. The van der Waals surface area contributed by atoms with E-state index < -0.39 is 6.10 Å². The van der Waals surface area contributed by atoms with Crippen LogP contribution in [0.3, 0.4) is 0 Å². The number of quaternary nitrogens is 1. The van der Waals surface area contributed by atoms with Crippen LogP contribution in [0.4, 0.5) is 0 Å². The van der Waals surface area contributed by atoms with Gasteiger partial charge in [-0.2, -0.15) is 0 Å². The molecule has 0 saturated heterocycles. The number of aliphatic hydroxyl groups is 1. The van der Waals surface area contributed by atoms with Crippen LogP contribution in [0, 0.1) is 0 Å². The molecule has 0 saturated carbocycles. The van der Waals surface area contributed by atoms with E-state index in [-0.39, 0.29) is 23.9 Å². The third-order valence-electron chi connectivity index (χ3n) is 4.10. The zero-order chi connectivity index (χ0) is 16.2. The summed E-state index contributed by atoms with van der Waals surface area (Å²) in [4.78, 5) is 12.4. The van der Waals surface area contributed by atoms with Crippen molar-refractivity contribution < 1.29 is 27.2 Å². The van der Waals surface area contributed by atoms with Gasteiger partial charge >= 0.3 is 0 Å². The first-order valence-corrected chi connectivity index (χ1v) is 7.72. The summed E-state index contributed by atoms with van der Waals surface area (Å²) in [6.45, 7) is 2.42. The lowest BCUT2D eigenvalue weighted by Gasteiger charge is -2.17. The fourth-order valence-electron chi connectivity index (χ4n) is 2.65. The Morgan fingerprint density at radius 2 is 1.75 bits per heavy atom. The highest BCUT2D eigenvalue weighted by Crippen LogP contribution is 2.14. The second-order valence-electron chi connectivity index (χ2n) is 5.74. The molecular weight excluding hydrogens is 326 g/mol. The Morgan fingerprint density at radius 3 is 2.50 bits per heavy atom. The molecule has 0 aliphatic carbocycles. The summed E-state index contributed by atoms with van der Waals surface area (Å²) in [6.07, 6.45) is 0.937. The van der Waals surface area contributed by atoms with Gasteiger partial charge < -0.3 is 27.2 Å². The van der Waals surface area contributed by atoms with E-state index in [0.29, 0.717) is 23.1 Å². The lowest BCUT2D eigenvalue weighted by atomic mass is 10.0. The van der Waals surface area contributed by atoms with Crippen molar-refractivity contribution in [3.63, 3.8) is 0 Å². The van der Waals surface area contributed by atoms with Crippen molar-refractivity contribution in [3.8, 4) is 0 Å². The van der Waals surface area contributed by atoms with Gasteiger partial charge in [-0.15, -0.1) is 0 Å². The Balaban J connectivity index is 0.00000208. The molecular formula is C19H20ClNO3. The van der Waals surface area contributed by atoms with Crippen molar-refractivity contribution in [1.29, 1.82) is 0 Å². The van der Waals surface area contributed by atoms with Crippen LogP contribution in [0.2, 0.25) is 0 Å². The van der Waals surface area contributed by atoms with Gasteiger partial charge in [0.2, 0.25) is 5.43 Å². The Labute approximate surface area is 146 Å². The third kappa shape index (κ3) is 3.85. The molecule has 0 radical (unpaired) electrons. The predicted octanol–water partition coefficient (Wildman–Crippen LogP) is -1.02. The molecule has 126 valence electrons. The molecule has 5 heteroatoms. The molecule has 2 aromatic carbocycles. The fourth-order valence-corrected chi connectivity index (χ4v) is 2.65. The molecule has 0 amide bonds. The quantitative estimate of drug-likeness (QED) is 0.622. The van der Waals surface area contributed by atoms with E-state index in [0.717, 1.165) is 5.56 Å². The predicted molar refractivity (Wildman–Crippen MR) is 89.0 cm³/mol. The van der Waals surface area contributed by atoms with Gasteiger partial charge in [-0.25, -0.2) is 0 Å². The molecule has 3 rings (SSSR count). The van der Waals surface area contributed by atoms with Crippen molar-refractivity contribution in [3.05, 3.63) is 82.2 Å². The van der Waals surface area contributed by atoms with Crippen LogP contribution in [0.25, 0.3) is 11.0 Å². The first-order chi connectivity index (χ1) is 11.2.